The van der Waals surface area contributed by atoms with Crippen molar-refractivity contribution in [2.45, 2.75) is 45.7 Å². The second kappa shape index (κ2) is 6.17. The zero-order valence-corrected chi connectivity index (χ0v) is 15.1. The highest BCUT2D eigenvalue weighted by Crippen LogP contribution is 2.49. The second-order valence-electron chi connectivity index (χ2n) is 7.42. The summed E-state index contributed by atoms with van der Waals surface area (Å²) in [6.07, 6.45) is 2.44. The van der Waals surface area contributed by atoms with Crippen molar-refractivity contribution in [2.24, 2.45) is 11.8 Å². The number of anilines is 2. The van der Waals surface area contributed by atoms with E-state index < -0.39 is 0 Å². The summed E-state index contributed by atoms with van der Waals surface area (Å²) in [6, 6.07) is 14.8. The van der Waals surface area contributed by atoms with E-state index >= 15 is 0 Å². The number of nitrogens with zero attached hydrogens (tertiary/aromatic N) is 2. The van der Waals surface area contributed by atoms with E-state index in [9.17, 15) is 4.79 Å². The quantitative estimate of drug-likeness (QED) is 0.908. The van der Waals surface area contributed by atoms with Gasteiger partial charge in [-0.05, 0) is 49.4 Å². The van der Waals surface area contributed by atoms with Crippen molar-refractivity contribution in [1.29, 1.82) is 0 Å². The Labute approximate surface area is 149 Å². The molecular weight excluding hydrogens is 310 g/mol. The molecule has 1 aromatic heterocycles. The molecule has 2 aromatic rings. The van der Waals surface area contributed by atoms with Gasteiger partial charge in [-0.25, -0.2) is 4.98 Å². The molecule has 1 saturated carbocycles. The van der Waals surface area contributed by atoms with Crippen molar-refractivity contribution >= 4 is 17.4 Å². The van der Waals surface area contributed by atoms with Crippen molar-refractivity contribution in [3.05, 3.63) is 53.7 Å². The molecule has 1 aliphatic carbocycles. The third-order valence-electron chi connectivity index (χ3n) is 5.53. The number of benzene rings is 1. The summed E-state index contributed by atoms with van der Waals surface area (Å²) in [5.41, 5.74) is 3.24. The molecule has 2 aliphatic rings. The largest absolute Gasteiger partial charge is 0.363 e. The number of carbonyl (C=O) groups excluding carboxylic acids is 1. The molecule has 1 aliphatic heterocycles. The monoisotopic (exact) mass is 335 g/mol. The van der Waals surface area contributed by atoms with Crippen LogP contribution in [0.1, 0.15) is 44.0 Å². The van der Waals surface area contributed by atoms with Crippen molar-refractivity contribution in [3.8, 4) is 0 Å². The van der Waals surface area contributed by atoms with Gasteiger partial charge in [0.2, 0.25) is 5.91 Å². The molecule has 3 atom stereocenters. The van der Waals surface area contributed by atoms with Crippen LogP contribution in [0.4, 0.5) is 11.5 Å². The van der Waals surface area contributed by atoms with Crippen LogP contribution in [0.2, 0.25) is 0 Å². The first-order chi connectivity index (χ1) is 12.1. The van der Waals surface area contributed by atoms with Crippen LogP contribution in [0.3, 0.4) is 0 Å². The molecule has 0 unspecified atom stereocenters. The number of rotatable bonds is 3. The van der Waals surface area contributed by atoms with E-state index in [1.54, 1.807) is 6.92 Å². The molecule has 25 heavy (non-hydrogen) atoms. The summed E-state index contributed by atoms with van der Waals surface area (Å²) in [7, 11) is 0. The molecule has 4 rings (SSSR count). The van der Waals surface area contributed by atoms with E-state index in [1.807, 2.05) is 36.1 Å². The highest BCUT2D eigenvalue weighted by Gasteiger charge is 2.47. The second-order valence-corrected chi connectivity index (χ2v) is 7.42. The Balaban J connectivity index is 1.77. The lowest BCUT2D eigenvalue weighted by molar-refractivity contribution is -0.117. The fraction of sp³-hybridized carbons (Fsp3) is 0.429. The first-order valence-corrected chi connectivity index (χ1v) is 9.15. The number of aromatic nitrogens is 1. The molecular formula is C21H25N3O. The van der Waals surface area contributed by atoms with E-state index in [0.717, 1.165) is 17.2 Å². The zero-order valence-electron chi connectivity index (χ0n) is 15.1. The molecule has 2 heterocycles. The van der Waals surface area contributed by atoms with Gasteiger partial charge in [0, 0.05) is 30.3 Å². The summed E-state index contributed by atoms with van der Waals surface area (Å²) >= 11 is 0. The van der Waals surface area contributed by atoms with Crippen LogP contribution in [0.25, 0.3) is 0 Å². The number of para-hydroxylation sites is 1. The standard InChI is InChI=1S/C21H25N3O/c1-13-7-6-10-19(22-13)23-20-14(2)21(16-11-12-16)24(15(3)25)18-9-5-4-8-17(18)20/h4-10,14,16,20-21H,11-12H2,1-3H3,(H,22,23)/t14-,20-,21-/m0/s1. The molecule has 0 saturated heterocycles. The van der Waals surface area contributed by atoms with Crippen LogP contribution < -0.4 is 10.2 Å². The van der Waals surface area contributed by atoms with E-state index in [4.69, 9.17) is 0 Å². The summed E-state index contributed by atoms with van der Waals surface area (Å²) in [5, 5.41) is 3.65. The van der Waals surface area contributed by atoms with Crippen LogP contribution in [0.5, 0.6) is 0 Å². The van der Waals surface area contributed by atoms with Gasteiger partial charge in [0.15, 0.2) is 0 Å². The van der Waals surface area contributed by atoms with E-state index in [0.29, 0.717) is 11.8 Å². The van der Waals surface area contributed by atoms with Crippen LogP contribution >= 0.6 is 0 Å². The lowest BCUT2D eigenvalue weighted by atomic mass is 9.80. The predicted octanol–water partition coefficient (Wildman–Crippen LogP) is 4.32. The van der Waals surface area contributed by atoms with Crippen LogP contribution in [0, 0.1) is 18.8 Å². The molecule has 1 amide bonds. The SMILES string of the molecule is CC(=O)N1c2ccccc2[C@@H](Nc2cccc(C)n2)[C@H](C)[C@H]1C1CC1. The summed E-state index contributed by atoms with van der Waals surface area (Å²) in [5.74, 6) is 1.98. The molecule has 1 N–H and O–H groups in total. The summed E-state index contributed by atoms with van der Waals surface area (Å²) in [4.78, 5) is 19.1. The third-order valence-corrected chi connectivity index (χ3v) is 5.53. The number of carbonyl (C=O) groups is 1. The Bertz CT molecular complexity index is 799. The first-order valence-electron chi connectivity index (χ1n) is 9.15. The van der Waals surface area contributed by atoms with Gasteiger partial charge in [0.1, 0.15) is 5.82 Å². The normalized spacial score (nSPS) is 25.4. The first kappa shape index (κ1) is 16.1. The van der Waals surface area contributed by atoms with Gasteiger partial charge in [-0.15, -0.1) is 0 Å². The Morgan fingerprint density at radius 3 is 2.60 bits per heavy atom. The van der Waals surface area contributed by atoms with Gasteiger partial charge in [-0.1, -0.05) is 31.2 Å². The number of amides is 1. The van der Waals surface area contributed by atoms with Crippen LogP contribution in [0.15, 0.2) is 42.5 Å². The Hall–Kier alpha value is -2.36. The highest BCUT2D eigenvalue weighted by atomic mass is 16.2. The Kier molecular flexibility index (Phi) is 3.98. The maximum Gasteiger partial charge on any atom is 0.224 e. The van der Waals surface area contributed by atoms with Gasteiger partial charge in [0.05, 0.1) is 6.04 Å². The van der Waals surface area contributed by atoms with E-state index in [2.05, 4.69) is 35.4 Å². The smallest absolute Gasteiger partial charge is 0.224 e. The highest BCUT2D eigenvalue weighted by molar-refractivity contribution is 5.94. The zero-order chi connectivity index (χ0) is 17.6. The minimum atomic E-state index is 0.142. The number of hydrogen-bond donors (Lipinski definition) is 1. The Morgan fingerprint density at radius 2 is 1.92 bits per heavy atom. The van der Waals surface area contributed by atoms with Gasteiger partial charge >= 0.3 is 0 Å². The maximum absolute atomic E-state index is 12.5. The minimum absolute atomic E-state index is 0.142. The third kappa shape index (κ3) is 2.90. The van der Waals surface area contributed by atoms with Crippen molar-refractivity contribution in [1.82, 2.24) is 4.98 Å². The van der Waals surface area contributed by atoms with E-state index in [1.165, 1.54) is 18.4 Å². The van der Waals surface area contributed by atoms with Crippen LogP contribution in [-0.2, 0) is 4.79 Å². The topological polar surface area (TPSA) is 45.2 Å². The molecule has 0 spiro atoms. The predicted molar refractivity (Wildman–Crippen MR) is 101 cm³/mol. The van der Waals surface area contributed by atoms with E-state index in [-0.39, 0.29) is 18.0 Å². The van der Waals surface area contributed by atoms with Crippen molar-refractivity contribution in [3.63, 3.8) is 0 Å². The van der Waals surface area contributed by atoms with Crippen LogP contribution in [-0.4, -0.2) is 16.9 Å². The number of fused-ring (bicyclic) bond motifs is 1. The molecule has 4 nitrogen and oxygen atoms in total. The van der Waals surface area contributed by atoms with Crippen molar-refractivity contribution in [2.75, 3.05) is 10.2 Å². The Morgan fingerprint density at radius 1 is 1.16 bits per heavy atom. The molecule has 130 valence electrons. The number of aryl methyl sites for hydroxylation is 1. The number of hydrogen-bond acceptors (Lipinski definition) is 3. The molecule has 0 bridgehead atoms. The molecule has 0 radical (unpaired) electrons. The van der Waals surface area contributed by atoms with Gasteiger partial charge in [-0.2, -0.15) is 0 Å². The lowest BCUT2D eigenvalue weighted by Crippen LogP contribution is -2.51. The van der Waals surface area contributed by atoms with Crippen molar-refractivity contribution < 1.29 is 4.79 Å². The lowest BCUT2D eigenvalue weighted by Gasteiger charge is -2.45. The maximum atomic E-state index is 12.5. The molecule has 4 heteroatoms. The van der Waals surface area contributed by atoms with Gasteiger partial charge < -0.3 is 10.2 Å². The number of pyridine rings is 1. The van der Waals surface area contributed by atoms with Gasteiger partial charge in [0.25, 0.3) is 0 Å². The molecule has 1 fully saturated rings. The fourth-order valence-corrected chi connectivity index (χ4v) is 4.30. The minimum Gasteiger partial charge on any atom is -0.363 e. The number of nitrogens with one attached hydrogen (secondary N) is 1. The average Bonchev–Trinajstić information content (AvgIpc) is 3.41. The summed E-state index contributed by atoms with van der Waals surface area (Å²) < 4.78 is 0. The average molecular weight is 335 g/mol. The fourth-order valence-electron chi connectivity index (χ4n) is 4.30. The summed E-state index contributed by atoms with van der Waals surface area (Å²) in [6.45, 7) is 5.96. The molecule has 1 aromatic carbocycles. The van der Waals surface area contributed by atoms with Gasteiger partial charge in [-0.3, -0.25) is 4.79 Å².